The van der Waals surface area contributed by atoms with Crippen molar-refractivity contribution in [1.82, 2.24) is 10.2 Å². The van der Waals surface area contributed by atoms with E-state index in [-0.39, 0.29) is 16.8 Å². The highest BCUT2D eigenvalue weighted by Gasteiger charge is 2.26. The van der Waals surface area contributed by atoms with Gasteiger partial charge in [-0.2, -0.15) is 0 Å². The summed E-state index contributed by atoms with van der Waals surface area (Å²) in [6, 6.07) is 15.1. The molecule has 27 heavy (non-hydrogen) atoms. The van der Waals surface area contributed by atoms with Crippen LogP contribution in [0.15, 0.2) is 59.5 Å². The Bertz CT molecular complexity index is 892. The van der Waals surface area contributed by atoms with Gasteiger partial charge in [0.1, 0.15) is 0 Å². The number of carbonyl (C=O) groups is 1. The average molecular weight is 388 g/mol. The number of benzene rings is 2. The second kappa shape index (κ2) is 8.10. The van der Waals surface area contributed by atoms with E-state index in [2.05, 4.69) is 17.3 Å². The summed E-state index contributed by atoms with van der Waals surface area (Å²) in [5.74, 6) is -0.240. The minimum absolute atomic E-state index is 0.109. The quantitative estimate of drug-likeness (QED) is 0.855. The fraction of sp³-hybridized carbons (Fsp3) is 0.350. The van der Waals surface area contributed by atoms with E-state index < -0.39 is 10.0 Å². The molecule has 2 aromatic rings. The minimum Gasteiger partial charge on any atom is -0.349 e. The third-order valence-electron chi connectivity index (χ3n) is 4.94. The molecule has 2 aromatic carbocycles. The summed E-state index contributed by atoms with van der Waals surface area (Å²) in [5.41, 5.74) is 0.727. The van der Waals surface area contributed by atoms with E-state index in [9.17, 15) is 13.2 Å². The van der Waals surface area contributed by atoms with Crippen LogP contribution in [0.25, 0.3) is 0 Å². The minimum atomic E-state index is -3.74. The van der Waals surface area contributed by atoms with Gasteiger partial charge in [0.05, 0.1) is 16.1 Å². The highest BCUT2D eigenvalue weighted by molar-refractivity contribution is 7.92. The molecular weight excluding hydrogens is 362 g/mol. The number of rotatable bonds is 5. The molecular formula is C20H25N3O3S. The van der Waals surface area contributed by atoms with Gasteiger partial charge in [-0.05, 0) is 57.2 Å². The smallest absolute Gasteiger partial charge is 0.264 e. The van der Waals surface area contributed by atoms with Crippen molar-refractivity contribution in [2.45, 2.75) is 23.8 Å². The highest BCUT2D eigenvalue weighted by Crippen LogP contribution is 2.26. The molecule has 0 aromatic heterocycles. The van der Waals surface area contributed by atoms with Crippen molar-refractivity contribution in [3.8, 4) is 0 Å². The molecule has 144 valence electrons. The van der Waals surface area contributed by atoms with Crippen LogP contribution in [0.4, 0.5) is 5.69 Å². The fourth-order valence-electron chi connectivity index (χ4n) is 3.24. The van der Waals surface area contributed by atoms with E-state index in [1.54, 1.807) is 54.6 Å². The molecule has 3 rings (SSSR count). The molecule has 1 saturated heterocycles. The first-order chi connectivity index (χ1) is 12.9. The Labute approximate surface area is 160 Å². The molecule has 0 unspecified atom stereocenters. The SMILES string of the molecule is CN1CCC(NC(=O)c2ccccc2N(C)S(=O)(=O)c2ccccc2)CC1. The molecule has 0 radical (unpaired) electrons. The van der Waals surface area contributed by atoms with Gasteiger partial charge in [0.2, 0.25) is 0 Å². The standard InChI is InChI=1S/C20H25N3O3S/c1-22-14-12-16(13-15-22)21-20(24)18-10-6-7-11-19(18)23(2)27(25,26)17-8-4-3-5-9-17/h3-11,16H,12-15H2,1-2H3,(H,21,24). The van der Waals surface area contributed by atoms with E-state index in [1.165, 1.54) is 11.4 Å². The summed E-state index contributed by atoms with van der Waals surface area (Å²) < 4.78 is 27.0. The topological polar surface area (TPSA) is 69.7 Å². The molecule has 0 bridgehead atoms. The number of carbonyl (C=O) groups excluding carboxylic acids is 1. The lowest BCUT2D eigenvalue weighted by atomic mass is 10.0. The number of hydrogen-bond donors (Lipinski definition) is 1. The number of hydrogen-bond acceptors (Lipinski definition) is 4. The molecule has 1 fully saturated rings. The largest absolute Gasteiger partial charge is 0.349 e. The molecule has 0 spiro atoms. The van der Waals surface area contributed by atoms with Crippen molar-refractivity contribution in [3.05, 3.63) is 60.2 Å². The number of piperidine rings is 1. The number of para-hydroxylation sites is 1. The Balaban J connectivity index is 1.84. The lowest BCUT2D eigenvalue weighted by Gasteiger charge is -2.30. The Morgan fingerprint density at radius 3 is 2.30 bits per heavy atom. The predicted octanol–water partition coefficient (Wildman–Crippen LogP) is 2.34. The Hall–Kier alpha value is -2.38. The monoisotopic (exact) mass is 387 g/mol. The van der Waals surface area contributed by atoms with Crippen LogP contribution < -0.4 is 9.62 Å². The molecule has 1 heterocycles. The van der Waals surface area contributed by atoms with Crippen LogP contribution in [-0.4, -0.2) is 52.5 Å². The van der Waals surface area contributed by atoms with Crippen LogP contribution in [0.3, 0.4) is 0 Å². The first kappa shape index (κ1) is 19.4. The zero-order valence-corrected chi connectivity index (χ0v) is 16.4. The lowest BCUT2D eigenvalue weighted by Crippen LogP contribution is -2.43. The van der Waals surface area contributed by atoms with Gasteiger partial charge in [-0.25, -0.2) is 8.42 Å². The van der Waals surface area contributed by atoms with E-state index in [0.29, 0.717) is 11.3 Å². The second-order valence-electron chi connectivity index (χ2n) is 6.85. The van der Waals surface area contributed by atoms with Crippen LogP contribution >= 0.6 is 0 Å². The summed E-state index contributed by atoms with van der Waals surface area (Å²) in [4.78, 5) is 15.3. The first-order valence-electron chi connectivity index (χ1n) is 9.02. The molecule has 6 nitrogen and oxygen atoms in total. The summed E-state index contributed by atoms with van der Waals surface area (Å²) in [6.45, 7) is 1.88. The third kappa shape index (κ3) is 4.31. The molecule has 7 heteroatoms. The maximum absolute atomic E-state index is 12.9. The van der Waals surface area contributed by atoms with Gasteiger partial charge < -0.3 is 10.2 Å². The van der Waals surface area contributed by atoms with Crippen molar-refractivity contribution in [3.63, 3.8) is 0 Å². The zero-order chi connectivity index (χ0) is 19.4. The van der Waals surface area contributed by atoms with Crippen molar-refractivity contribution in [2.75, 3.05) is 31.5 Å². The van der Waals surface area contributed by atoms with Gasteiger partial charge >= 0.3 is 0 Å². The van der Waals surface area contributed by atoms with Crippen molar-refractivity contribution < 1.29 is 13.2 Å². The van der Waals surface area contributed by atoms with E-state index >= 15 is 0 Å². The van der Waals surface area contributed by atoms with E-state index in [4.69, 9.17) is 0 Å². The van der Waals surface area contributed by atoms with Crippen molar-refractivity contribution in [1.29, 1.82) is 0 Å². The molecule has 1 aliphatic rings. The molecule has 1 amide bonds. The Kier molecular flexibility index (Phi) is 5.82. The van der Waals surface area contributed by atoms with Crippen LogP contribution in [0.5, 0.6) is 0 Å². The molecule has 1 N–H and O–H groups in total. The zero-order valence-electron chi connectivity index (χ0n) is 15.6. The van der Waals surface area contributed by atoms with E-state index in [0.717, 1.165) is 25.9 Å². The number of sulfonamides is 1. The summed E-state index contributed by atoms with van der Waals surface area (Å²) in [7, 11) is -0.199. The number of likely N-dealkylation sites (tertiary alicyclic amines) is 1. The van der Waals surface area contributed by atoms with Crippen LogP contribution in [0, 0.1) is 0 Å². The molecule has 1 aliphatic heterocycles. The number of nitrogens with one attached hydrogen (secondary N) is 1. The van der Waals surface area contributed by atoms with Gasteiger partial charge in [-0.15, -0.1) is 0 Å². The molecule has 0 atom stereocenters. The Morgan fingerprint density at radius 2 is 1.63 bits per heavy atom. The summed E-state index contributed by atoms with van der Waals surface area (Å²) >= 11 is 0. The third-order valence-corrected chi connectivity index (χ3v) is 6.73. The maximum Gasteiger partial charge on any atom is 0.264 e. The van der Waals surface area contributed by atoms with Gasteiger partial charge in [0.15, 0.2) is 0 Å². The van der Waals surface area contributed by atoms with Crippen LogP contribution in [-0.2, 0) is 10.0 Å². The maximum atomic E-state index is 12.9. The van der Waals surface area contributed by atoms with Gasteiger partial charge in [0.25, 0.3) is 15.9 Å². The normalized spacial score (nSPS) is 16.1. The van der Waals surface area contributed by atoms with E-state index in [1.807, 2.05) is 0 Å². The van der Waals surface area contributed by atoms with Crippen LogP contribution in [0.2, 0.25) is 0 Å². The summed E-state index contributed by atoms with van der Waals surface area (Å²) in [5, 5.41) is 3.06. The Morgan fingerprint density at radius 1 is 1.04 bits per heavy atom. The number of anilines is 1. The predicted molar refractivity (Wildman–Crippen MR) is 106 cm³/mol. The van der Waals surface area contributed by atoms with Crippen molar-refractivity contribution >= 4 is 21.6 Å². The first-order valence-corrected chi connectivity index (χ1v) is 10.5. The highest BCUT2D eigenvalue weighted by atomic mass is 32.2. The lowest BCUT2D eigenvalue weighted by molar-refractivity contribution is 0.0917. The van der Waals surface area contributed by atoms with Gasteiger partial charge in [0, 0.05) is 13.1 Å². The van der Waals surface area contributed by atoms with Gasteiger partial charge in [-0.3, -0.25) is 9.10 Å². The average Bonchev–Trinajstić information content (AvgIpc) is 2.69. The molecule has 0 saturated carbocycles. The van der Waals surface area contributed by atoms with Crippen molar-refractivity contribution in [2.24, 2.45) is 0 Å². The number of nitrogens with zero attached hydrogens (tertiary/aromatic N) is 2. The van der Waals surface area contributed by atoms with Crippen LogP contribution in [0.1, 0.15) is 23.2 Å². The fourth-order valence-corrected chi connectivity index (χ4v) is 4.47. The van der Waals surface area contributed by atoms with Gasteiger partial charge in [-0.1, -0.05) is 30.3 Å². The summed E-state index contributed by atoms with van der Waals surface area (Å²) in [6.07, 6.45) is 1.78. The number of amides is 1. The molecule has 0 aliphatic carbocycles. The second-order valence-corrected chi connectivity index (χ2v) is 8.82.